The van der Waals surface area contributed by atoms with Gasteiger partial charge >= 0.3 is 0 Å². The number of rotatable bonds is 2. The van der Waals surface area contributed by atoms with Crippen molar-refractivity contribution in [2.24, 2.45) is 0 Å². The molecule has 96 valence electrons. The van der Waals surface area contributed by atoms with Crippen molar-refractivity contribution in [1.82, 2.24) is 15.1 Å². The first-order valence-electron chi connectivity index (χ1n) is 5.47. The molecule has 2 heterocycles. The number of aromatic nitrogens is 3. The maximum Gasteiger partial charge on any atom is 0.270 e. The molecule has 0 amide bonds. The maximum absolute atomic E-state index is 5.67. The second-order valence-corrected chi connectivity index (χ2v) is 5.75. The summed E-state index contributed by atoms with van der Waals surface area (Å²) in [5.74, 6) is 0.978. The van der Waals surface area contributed by atoms with E-state index in [9.17, 15) is 0 Å². The number of benzene rings is 1. The van der Waals surface area contributed by atoms with Crippen LogP contribution in [0.1, 0.15) is 5.69 Å². The van der Waals surface area contributed by atoms with Gasteiger partial charge in [-0.2, -0.15) is 4.98 Å². The molecule has 0 saturated heterocycles. The smallest absolute Gasteiger partial charge is 0.270 e. The van der Waals surface area contributed by atoms with Gasteiger partial charge in [0.2, 0.25) is 5.82 Å². The van der Waals surface area contributed by atoms with E-state index in [1.807, 2.05) is 31.2 Å². The molecule has 0 aliphatic carbocycles. The summed E-state index contributed by atoms with van der Waals surface area (Å²) in [6, 6.07) is 7.71. The average Bonchev–Trinajstić information content (AvgIpc) is 2.96. The predicted octanol–water partition coefficient (Wildman–Crippen LogP) is 3.51. The molecule has 0 atom stereocenters. The van der Waals surface area contributed by atoms with Crippen molar-refractivity contribution in [3.05, 3.63) is 34.4 Å². The molecule has 0 spiro atoms. The van der Waals surface area contributed by atoms with Crippen LogP contribution in [0.3, 0.4) is 0 Å². The Morgan fingerprint density at radius 3 is 2.74 bits per heavy atom. The molecular weight excluding hydrogens is 328 g/mol. The summed E-state index contributed by atoms with van der Waals surface area (Å²) in [4.78, 5) is 9.35. The maximum atomic E-state index is 5.67. The largest absolute Gasteiger partial charge is 0.375 e. The van der Waals surface area contributed by atoms with E-state index in [0.29, 0.717) is 16.8 Å². The van der Waals surface area contributed by atoms with Crippen molar-refractivity contribution in [3.63, 3.8) is 0 Å². The number of aryl methyl sites for hydroxylation is 1. The molecule has 1 aromatic carbocycles. The molecule has 0 aliphatic rings. The van der Waals surface area contributed by atoms with E-state index in [4.69, 9.17) is 10.3 Å². The van der Waals surface area contributed by atoms with Crippen LogP contribution in [0.25, 0.3) is 22.2 Å². The van der Waals surface area contributed by atoms with E-state index in [2.05, 4.69) is 31.1 Å². The zero-order valence-corrected chi connectivity index (χ0v) is 12.3. The van der Waals surface area contributed by atoms with E-state index in [1.165, 1.54) is 11.3 Å². The lowest BCUT2D eigenvalue weighted by Gasteiger charge is -1.96. The van der Waals surface area contributed by atoms with Gasteiger partial charge < -0.3 is 10.3 Å². The van der Waals surface area contributed by atoms with E-state index in [0.717, 1.165) is 20.6 Å². The molecule has 0 aliphatic heterocycles. The molecule has 0 unspecified atom stereocenters. The Hall–Kier alpha value is -1.73. The van der Waals surface area contributed by atoms with Crippen LogP contribution in [0, 0.1) is 6.92 Å². The fourth-order valence-corrected chi connectivity index (χ4v) is 2.90. The Morgan fingerprint density at radius 1 is 1.26 bits per heavy atom. The minimum absolute atomic E-state index is 0.442. The molecule has 0 saturated carbocycles. The van der Waals surface area contributed by atoms with Crippen LogP contribution in [0.15, 0.2) is 33.3 Å². The zero-order valence-electron chi connectivity index (χ0n) is 9.92. The summed E-state index contributed by atoms with van der Waals surface area (Å²) >= 11 is 4.80. The summed E-state index contributed by atoms with van der Waals surface area (Å²) in [5, 5.41) is 4.49. The van der Waals surface area contributed by atoms with Gasteiger partial charge in [-0.05, 0) is 19.1 Å². The standard InChI is InChI=1S/C12H9BrN4OS/c1-6-9(19-12(14)15-6)11-16-10(17-18-11)7-4-2-3-5-8(7)13/h2-5H,1H3,(H2,14,15). The second-order valence-electron chi connectivity index (χ2n) is 3.87. The van der Waals surface area contributed by atoms with Crippen molar-refractivity contribution in [1.29, 1.82) is 0 Å². The fraction of sp³-hybridized carbons (Fsp3) is 0.0833. The summed E-state index contributed by atoms with van der Waals surface area (Å²) < 4.78 is 6.21. The second kappa shape index (κ2) is 4.75. The quantitative estimate of drug-likeness (QED) is 0.774. The highest BCUT2D eigenvalue weighted by atomic mass is 79.9. The molecule has 3 rings (SSSR count). The van der Waals surface area contributed by atoms with Crippen molar-refractivity contribution in [2.45, 2.75) is 6.92 Å². The van der Waals surface area contributed by atoms with Gasteiger partial charge in [0.05, 0.1) is 5.69 Å². The fourth-order valence-electron chi connectivity index (χ4n) is 1.68. The molecule has 2 aromatic heterocycles. The first-order chi connectivity index (χ1) is 9.15. The molecule has 0 bridgehead atoms. The van der Waals surface area contributed by atoms with E-state index in [-0.39, 0.29) is 0 Å². The number of thiazole rings is 1. The summed E-state index contributed by atoms with van der Waals surface area (Å²) in [5.41, 5.74) is 7.35. The number of hydrogen-bond donors (Lipinski definition) is 1. The molecule has 0 radical (unpaired) electrons. The first-order valence-corrected chi connectivity index (χ1v) is 7.08. The van der Waals surface area contributed by atoms with Gasteiger partial charge in [0.15, 0.2) is 5.13 Å². The van der Waals surface area contributed by atoms with Crippen LogP contribution in [0.2, 0.25) is 0 Å². The highest BCUT2D eigenvalue weighted by Crippen LogP contribution is 2.32. The van der Waals surface area contributed by atoms with E-state index < -0.39 is 0 Å². The van der Waals surface area contributed by atoms with Gasteiger partial charge in [-0.25, -0.2) is 4.98 Å². The van der Waals surface area contributed by atoms with Crippen LogP contribution < -0.4 is 5.73 Å². The van der Waals surface area contributed by atoms with Crippen LogP contribution in [0.5, 0.6) is 0 Å². The lowest BCUT2D eigenvalue weighted by molar-refractivity contribution is 0.433. The topological polar surface area (TPSA) is 77.8 Å². The zero-order chi connectivity index (χ0) is 13.4. The molecule has 2 N–H and O–H groups in total. The van der Waals surface area contributed by atoms with E-state index >= 15 is 0 Å². The SMILES string of the molecule is Cc1nc(N)sc1-c1nc(-c2ccccc2Br)no1. The highest BCUT2D eigenvalue weighted by Gasteiger charge is 2.17. The van der Waals surface area contributed by atoms with Gasteiger partial charge in [0.25, 0.3) is 5.89 Å². The third kappa shape index (κ3) is 2.26. The number of nitrogen functional groups attached to an aromatic ring is 1. The third-order valence-electron chi connectivity index (χ3n) is 2.55. The Labute approximate surface area is 121 Å². The van der Waals surface area contributed by atoms with Crippen molar-refractivity contribution in [3.8, 4) is 22.2 Å². The van der Waals surface area contributed by atoms with Gasteiger partial charge in [0.1, 0.15) is 4.88 Å². The van der Waals surface area contributed by atoms with Gasteiger partial charge in [0, 0.05) is 10.0 Å². The predicted molar refractivity (Wildman–Crippen MR) is 77.7 cm³/mol. The molecule has 7 heteroatoms. The van der Waals surface area contributed by atoms with Crippen molar-refractivity contribution >= 4 is 32.4 Å². The molecule has 5 nitrogen and oxygen atoms in total. The minimum atomic E-state index is 0.442. The normalized spacial score (nSPS) is 10.8. The molecule has 19 heavy (non-hydrogen) atoms. The van der Waals surface area contributed by atoms with Crippen molar-refractivity contribution in [2.75, 3.05) is 5.73 Å². The number of halogens is 1. The average molecular weight is 337 g/mol. The van der Waals surface area contributed by atoms with Gasteiger partial charge in [-0.1, -0.05) is 44.6 Å². The minimum Gasteiger partial charge on any atom is -0.375 e. The Morgan fingerprint density at radius 2 is 2.05 bits per heavy atom. The molecule has 0 fully saturated rings. The van der Waals surface area contributed by atoms with Crippen LogP contribution in [0.4, 0.5) is 5.13 Å². The number of nitrogens with zero attached hydrogens (tertiary/aromatic N) is 3. The van der Waals surface area contributed by atoms with Crippen molar-refractivity contribution < 1.29 is 4.52 Å². The number of hydrogen-bond acceptors (Lipinski definition) is 6. The molecule has 3 aromatic rings. The summed E-state index contributed by atoms with van der Waals surface area (Å²) in [7, 11) is 0. The Bertz CT molecular complexity index is 737. The van der Waals surface area contributed by atoms with Crippen LogP contribution in [-0.2, 0) is 0 Å². The van der Waals surface area contributed by atoms with Gasteiger partial charge in [-0.15, -0.1) is 0 Å². The van der Waals surface area contributed by atoms with Gasteiger partial charge in [-0.3, -0.25) is 0 Å². The first kappa shape index (κ1) is 12.3. The lowest BCUT2D eigenvalue weighted by atomic mass is 10.2. The lowest BCUT2D eigenvalue weighted by Crippen LogP contribution is -1.83. The summed E-state index contributed by atoms with van der Waals surface area (Å²) in [6.45, 7) is 1.87. The third-order valence-corrected chi connectivity index (χ3v) is 4.21. The Kier molecular flexibility index (Phi) is 3.08. The van der Waals surface area contributed by atoms with E-state index in [1.54, 1.807) is 0 Å². The van der Waals surface area contributed by atoms with Crippen LogP contribution in [-0.4, -0.2) is 15.1 Å². The number of nitrogens with two attached hydrogens (primary N) is 1. The van der Waals surface area contributed by atoms with Crippen LogP contribution >= 0.6 is 27.3 Å². The Balaban J connectivity index is 2.05. The number of anilines is 1. The summed E-state index contributed by atoms with van der Waals surface area (Å²) in [6.07, 6.45) is 0. The molecular formula is C12H9BrN4OS. The monoisotopic (exact) mass is 336 g/mol. The highest BCUT2D eigenvalue weighted by molar-refractivity contribution is 9.10.